The second-order valence-electron chi connectivity index (χ2n) is 4.77. The van der Waals surface area contributed by atoms with E-state index in [4.69, 9.17) is 15.2 Å². The van der Waals surface area contributed by atoms with Gasteiger partial charge in [-0.3, -0.25) is 4.39 Å². The molecule has 1 atom stereocenters. The molecule has 0 bridgehead atoms. The van der Waals surface area contributed by atoms with E-state index in [1.54, 1.807) is 13.2 Å². The average molecular weight is 289 g/mol. The van der Waals surface area contributed by atoms with Crippen molar-refractivity contribution in [3.05, 3.63) is 59.7 Å². The molecule has 112 valence electrons. The van der Waals surface area contributed by atoms with Gasteiger partial charge in [0.1, 0.15) is 6.61 Å². The van der Waals surface area contributed by atoms with Crippen LogP contribution in [0.5, 0.6) is 11.5 Å². The van der Waals surface area contributed by atoms with Crippen LogP contribution in [0.25, 0.3) is 0 Å². The molecule has 0 aromatic heterocycles. The number of nitrogens with two attached hydrogens (primary N) is 1. The highest BCUT2D eigenvalue weighted by molar-refractivity contribution is 5.44. The molecule has 2 N–H and O–H groups in total. The highest BCUT2D eigenvalue weighted by atomic mass is 19.1. The summed E-state index contributed by atoms with van der Waals surface area (Å²) in [5, 5.41) is 0. The second kappa shape index (κ2) is 7.64. The van der Waals surface area contributed by atoms with Gasteiger partial charge in [0.25, 0.3) is 0 Å². The van der Waals surface area contributed by atoms with Crippen LogP contribution in [0, 0.1) is 0 Å². The molecule has 0 fully saturated rings. The molecule has 0 radical (unpaired) electrons. The molecule has 2 aromatic rings. The normalized spacial score (nSPS) is 12.0. The number of methoxy groups -OCH3 is 1. The minimum atomic E-state index is -0.437. The first-order valence-electron chi connectivity index (χ1n) is 6.90. The van der Waals surface area contributed by atoms with Crippen LogP contribution in [0.4, 0.5) is 4.39 Å². The van der Waals surface area contributed by atoms with Crippen LogP contribution in [-0.2, 0) is 6.61 Å². The van der Waals surface area contributed by atoms with Crippen molar-refractivity contribution >= 4 is 0 Å². The fraction of sp³-hybridized carbons (Fsp3) is 0.294. The van der Waals surface area contributed by atoms with Crippen molar-refractivity contribution in [1.82, 2.24) is 0 Å². The first kappa shape index (κ1) is 15.3. The molecule has 0 heterocycles. The number of halogens is 1. The number of alkyl halides is 1. The lowest BCUT2D eigenvalue weighted by atomic mass is 10.0. The van der Waals surface area contributed by atoms with E-state index in [2.05, 4.69) is 0 Å². The number of benzene rings is 2. The fourth-order valence-electron chi connectivity index (χ4n) is 2.06. The first-order valence-corrected chi connectivity index (χ1v) is 6.90. The molecule has 2 rings (SSSR count). The van der Waals surface area contributed by atoms with Crippen molar-refractivity contribution in [3.8, 4) is 11.5 Å². The molecular weight excluding hydrogens is 269 g/mol. The van der Waals surface area contributed by atoms with Gasteiger partial charge in [-0.05, 0) is 29.7 Å². The molecule has 21 heavy (non-hydrogen) atoms. The van der Waals surface area contributed by atoms with Gasteiger partial charge in [0, 0.05) is 6.04 Å². The van der Waals surface area contributed by atoms with Crippen molar-refractivity contribution in [2.45, 2.75) is 19.1 Å². The zero-order valence-corrected chi connectivity index (χ0v) is 12.1. The van der Waals surface area contributed by atoms with Crippen molar-refractivity contribution < 1.29 is 13.9 Å². The maximum absolute atomic E-state index is 12.4. The van der Waals surface area contributed by atoms with Crippen molar-refractivity contribution in [1.29, 1.82) is 0 Å². The smallest absolute Gasteiger partial charge is 0.161 e. The summed E-state index contributed by atoms with van der Waals surface area (Å²) in [5.74, 6) is 1.26. The van der Waals surface area contributed by atoms with Gasteiger partial charge in [0.15, 0.2) is 11.5 Å². The van der Waals surface area contributed by atoms with E-state index in [9.17, 15) is 4.39 Å². The third-order valence-electron chi connectivity index (χ3n) is 3.27. The summed E-state index contributed by atoms with van der Waals surface area (Å²) in [5.41, 5.74) is 7.85. The Bertz CT molecular complexity index is 560. The van der Waals surface area contributed by atoms with Gasteiger partial charge in [-0.1, -0.05) is 36.4 Å². The summed E-state index contributed by atoms with van der Waals surface area (Å²) in [7, 11) is 1.59. The van der Waals surface area contributed by atoms with E-state index < -0.39 is 6.67 Å². The van der Waals surface area contributed by atoms with Crippen LogP contribution >= 0.6 is 0 Å². The third-order valence-corrected chi connectivity index (χ3v) is 3.27. The van der Waals surface area contributed by atoms with E-state index in [1.165, 1.54) is 0 Å². The Labute approximate surface area is 124 Å². The molecule has 4 heteroatoms. The van der Waals surface area contributed by atoms with E-state index >= 15 is 0 Å². The SMILES string of the molecule is COc1ccc([C@H](N)CCF)cc1OCc1ccccc1. The Morgan fingerprint density at radius 2 is 1.86 bits per heavy atom. The number of ether oxygens (including phenoxy) is 2. The minimum absolute atomic E-state index is 0.296. The van der Waals surface area contributed by atoms with E-state index in [0.29, 0.717) is 24.5 Å². The molecule has 3 nitrogen and oxygen atoms in total. The summed E-state index contributed by atoms with van der Waals surface area (Å²) in [6.45, 7) is 0.00635. The van der Waals surface area contributed by atoms with Crippen LogP contribution in [0.1, 0.15) is 23.6 Å². The Morgan fingerprint density at radius 3 is 2.52 bits per heavy atom. The topological polar surface area (TPSA) is 44.5 Å². The molecule has 0 amide bonds. The van der Waals surface area contributed by atoms with Gasteiger partial charge in [-0.15, -0.1) is 0 Å². The Kier molecular flexibility index (Phi) is 5.58. The highest BCUT2D eigenvalue weighted by Gasteiger charge is 2.11. The summed E-state index contributed by atoms with van der Waals surface area (Å²) in [6, 6.07) is 15.0. The average Bonchev–Trinajstić information content (AvgIpc) is 2.54. The second-order valence-corrected chi connectivity index (χ2v) is 4.77. The van der Waals surface area contributed by atoms with Crippen LogP contribution in [0.15, 0.2) is 48.5 Å². The number of rotatable bonds is 7. The highest BCUT2D eigenvalue weighted by Crippen LogP contribution is 2.31. The number of hydrogen-bond donors (Lipinski definition) is 1. The molecule has 0 spiro atoms. The quantitative estimate of drug-likeness (QED) is 0.846. The molecule has 0 saturated heterocycles. The summed E-state index contributed by atoms with van der Waals surface area (Å²) < 4.78 is 23.5. The molecule has 0 aliphatic carbocycles. The molecular formula is C17H20FNO2. The standard InChI is InChI=1S/C17H20FNO2/c1-20-16-8-7-14(15(19)9-10-18)11-17(16)21-12-13-5-3-2-4-6-13/h2-8,11,15H,9-10,12,19H2,1H3/t15-/m1/s1. The maximum Gasteiger partial charge on any atom is 0.161 e. The molecule has 0 saturated carbocycles. The predicted molar refractivity (Wildman–Crippen MR) is 81.3 cm³/mol. The lowest BCUT2D eigenvalue weighted by Gasteiger charge is -2.15. The maximum atomic E-state index is 12.4. The van der Waals surface area contributed by atoms with Gasteiger partial charge in [0.2, 0.25) is 0 Å². The third kappa shape index (κ3) is 4.20. The zero-order valence-electron chi connectivity index (χ0n) is 12.1. The molecule has 0 aliphatic heterocycles. The molecule has 2 aromatic carbocycles. The predicted octanol–water partition coefficient (Wildman–Crippen LogP) is 3.63. The van der Waals surface area contributed by atoms with E-state index in [0.717, 1.165) is 11.1 Å². The largest absolute Gasteiger partial charge is 0.493 e. The van der Waals surface area contributed by atoms with Gasteiger partial charge in [0.05, 0.1) is 13.8 Å². The fourth-order valence-corrected chi connectivity index (χ4v) is 2.06. The van der Waals surface area contributed by atoms with Crippen LogP contribution in [0.2, 0.25) is 0 Å². The van der Waals surface area contributed by atoms with Crippen molar-refractivity contribution in [3.63, 3.8) is 0 Å². The van der Waals surface area contributed by atoms with Crippen LogP contribution in [-0.4, -0.2) is 13.8 Å². The van der Waals surface area contributed by atoms with Crippen LogP contribution in [0.3, 0.4) is 0 Å². The van der Waals surface area contributed by atoms with Crippen molar-refractivity contribution in [2.75, 3.05) is 13.8 Å². The Hall–Kier alpha value is -2.07. The van der Waals surface area contributed by atoms with Crippen molar-refractivity contribution in [2.24, 2.45) is 5.73 Å². The van der Waals surface area contributed by atoms with Gasteiger partial charge in [-0.2, -0.15) is 0 Å². The van der Waals surface area contributed by atoms with E-state index in [-0.39, 0.29) is 6.04 Å². The first-order chi connectivity index (χ1) is 10.2. The summed E-state index contributed by atoms with van der Waals surface area (Å²) >= 11 is 0. The summed E-state index contributed by atoms with van der Waals surface area (Å²) in [4.78, 5) is 0. The molecule has 0 aliphatic rings. The van der Waals surface area contributed by atoms with Gasteiger partial charge >= 0.3 is 0 Å². The zero-order chi connectivity index (χ0) is 15.1. The van der Waals surface area contributed by atoms with Gasteiger partial charge < -0.3 is 15.2 Å². The number of hydrogen-bond acceptors (Lipinski definition) is 3. The van der Waals surface area contributed by atoms with Gasteiger partial charge in [-0.25, -0.2) is 0 Å². The Morgan fingerprint density at radius 1 is 1.10 bits per heavy atom. The monoisotopic (exact) mass is 289 g/mol. The minimum Gasteiger partial charge on any atom is -0.493 e. The van der Waals surface area contributed by atoms with Crippen LogP contribution < -0.4 is 15.2 Å². The Balaban J connectivity index is 2.14. The summed E-state index contributed by atoms with van der Waals surface area (Å²) in [6.07, 6.45) is 0.296. The van der Waals surface area contributed by atoms with E-state index in [1.807, 2.05) is 42.5 Å². The lowest BCUT2D eigenvalue weighted by Crippen LogP contribution is -2.11. The lowest BCUT2D eigenvalue weighted by molar-refractivity contribution is 0.284. The molecule has 0 unspecified atom stereocenters.